The molecule has 3 aromatic rings. The predicted octanol–water partition coefficient (Wildman–Crippen LogP) is 6.49. The minimum atomic E-state index is -3.54. The van der Waals surface area contributed by atoms with E-state index in [0.29, 0.717) is 12.5 Å². The predicted molar refractivity (Wildman–Crippen MR) is 126 cm³/mol. The van der Waals surface area contributed by atoms with E-state index in [0.717, 1.165) is 11.6 Å². The summed E-state index contributed by atoms with van der Waals surface area (Å²) in [6.45, 7) is 5.87. The van der Waals surface area contributed by atoms with Crippen molar-refractivity contribution in [2.75, 3.05) is 0 Å². The fourth-order valence-corrected chi connectivity index (χ4v) is 4.48. The molecule has 8 heteroatoms. The lowest BCUT2D eigenvalue weighted by Crippen LogP contribution is -2.53. The molecule has 182 valence electrons. The normalized spacial score (nSPS) is 15.0. The van der Waals surface area contributed by atoms with Gasteiger partial charge in [0.15, 0.2) is 0 Å². The maximum absolute atomic E-state index is 14.7. The highest BCUT2D eigenvalue weighted by Gasteiger charge is 2.43. The average molecular weight is 494 g/mol. The maximum Gasteiger partial charge on any atom is 0.394 e. The second-order valence-electron chi connectivity index (χ2n) is 9.14. The molecule has 3 aromatic carbocycles. The molecular formula is C26H27F4NO2S. The highest BCUT2D eigenvalue weighted by Crippen LogP contribution is 2.38. The van der Waals surface area contributed by atoms with Crippen LogP contribution in [0.15, 0.2) is 72.8 Å². The van der Waals surface area contributed by atoms with Crippen LogP contribution in [0.25, 0.3) is 0 Å². The molecule has 0 aliphatic rings. The highest BCUT2D eigenvalue weighted by molar-refractivity contribution is 7.90. The number of nitrogens with one attached hydrogen (secondary N) is 1. The monoisotopic (exact) mass is 493 g/mol. The minimum absolute atomic E-state index is 0.173. The fraction of sp³-hybridized carbons (Fsp3) is 0.308. The van der Waals surface area contributed by atoms with Gasteiger partial charge in [-0.15, -0.1) is 4.72 Å². The summed E-state index contributed by atoms with van der Waals surface area (Å²) in [5.41, 5.74) is 0.129. The molecule has 0 aromatic heterocycles. The zero-order valence-corrected chi connectivity index (χ0v) is 20.2. The Bertz CT molecular complexity index is 1100. The van der Waals surface area contributed by atoms with Crippen LogP contribution in [0.3, 0.4) is 0 Å². The van der Waals surface area contributed by atoms with E-state index < -0.39 is 39.4 Å². The molecule has 2 atom stereocenters. The van der Waals surface area contributed by atoms with E-state index in [4.69, 9.17) is 0 Å². The van der Waals surface area contributed by atoms with Gasteiger partial charge in [-0.25, -0.2) is 8.78 Å². The van der Waals surface area contributed by atoms with Gasteiger partial charge in [-0.1, -0.05) is 42.5 Å². The van der Waals surface area contributed by atoms with Crippen LogP contribution in [0.5, 0.6) is 5.75 Å². The van der Waals surface area contributed by atoms with E-state index in [2.05, 4.69) is 9.46 Å². The number of alkyl halides is 2. The number of benzene rings is 3. The molecule has 0 aliphatic carbocycles. The van der Waals surface area contributed by atoms with Crippen molar-refractivity contribution < 1.29 is 26.9 Å². The molecule has 0 spiro atoms. The molecule has 0 aliphatic heterocycles. The molecule has 0 saturated heterocycles. The Labute approximate surface area is 200 Å². The van der Waals surface area contributed by atoms with Crippen LogP contribution in [-0.4, -0.2) is 15.4 Å². The van der Waals surface area contributed by atoms with Crippen LogP contribution in [0.4, 0.5) is 17.6 Å². The molecule has 0 fully saturated rings. The minimum Gasteiger partial charge on any atom is -0.598 e. The van der Waals surface area contributed by atoms with Crippen molar-refractivity contribution in [2.24, 2.45) is 0 Å². The first-order valence-corrected chi connectivity index (χ1v) is 11.8. The zero-order chi connectivity index (χ0) is 25.1. The smallest absolute Gasteiger partial charge is 0.394 e. The van der Waals surface area contributed by atoms with E-state index in [9.17, 15) is 22.1 Å². The third-order valence-corrected chi connectivity index (χ3v) is 6.78. The summed E-state index contributed by atoms with van der Waals surface area (Å²) in [5, 5.41) is 0. The molecule has 0 bridgehead atoms. The Morgan fingerprint density at radius 2 is 1.44 bits per heavy atom. The standard InChI is InChI=1S/C26H27F4NO2S/c1-24(2,3)34(32)31-26(17-18-8-6-5-7-9-18,19-10-12-21(27)13-11-19)20-14-22(28)16-23(15-20)33-25(4,29)30/h5-16,31H,17H2,1-4H3/t26-,34-/m1/s1. The van der Waals surface area contributed by atoms with Crippen molar-refractivity contribution in [3.05, 3.63) is 101 Å². The van der Waals surface area contributed by atoms with Gasteiger partial charge in [0.05, 0.1) is 0 Å². The molecule has 0 unspecified atom stereocenters. The van der Waals surface area contributed by atoms with Gasteiger partial charge in [0.1, 0.15) is 27.7 Å². The lowest BCUT2D eigenvalue weighted by Gasteiger charge is -2.39. The zero-order valence-electron chi connectivity index (χ0n) is 19.4. The third-order valence-electron chi connectivity index (χ3n) is 5.13. The number of ether oxygens (including phenoxy) is 1. The van der Waals surface area contributed by atoms with Crippen molar-refractivity contribution in [1.82, 2.24) is 4.72 Å². The average Bonchev–Trinajstić information content (AvgIpc) is 2.72. The van der Waals surface area contributed by atoms with E-state index in [-0.39, 0.29) is 17.7 Å². The van der Waals surface area contributed by atoms with Crippen LogP contribution < -0.4 is 9.46 Å². The summed E-state index contributed by atoms with van der Waals surface area (Å²) in [5.74, 6) is -1.67. The Balaban J connectivity index is 2.29. The van der Waals surface area contributed by atoms with Gasteiger partial charge in [0.2, 0.25) is 0 Å². The molecule has 3 nitrogen and oxygen atoms in total. The van der Waals surface area contributed by atoms with Crippen molar-refractivity contribution in [1.29, 1.82) is 0 Å². The van der Waals surface area contributed by atoms with Crippen molar-refractivity contribution in [3.8, 4) is 5.75 Å². The summed E-state index contributed by atoms with van der Waals surface area (Å²) >= 11 is -1.67. The van der Waals surface area contributed by atoms with E-state index >= 15 is 0 Å². The lowest BCUT2D eigenvalue weighted by atomic mass is 9.78. The topological polar surface area (TPSA) is 44.3 Å². The lowest BCUT2D eigenvalue weighted by molar-refractivity contribution is -0.159. The molecular weight excluding hydrogens is 466 g/mol. The van der Waals surface area contributed by atoms with E-state index in [1.807, 2.05) is 30.3 Å². The van der Waals surface area contributed by atoms with Crippen LogP contribution in [0.1, 0.15) is 44.4 Å². The van der Waals surface area contributed by atoms with Gasteiger partial charge in [-0.3, -0.25) is 0 Å². The summed E-state index contributed by atoms with van der Waals surface area (Å²) in [6, 6.07) is 18.0. The fourth-order valence-electron chi connectivity index (χ4n) is 3.55. The van der Waals surface area contributed by atoms with Gasteiger partial charge in [-0.05, 0) is 61.7 Å². The second kappa shape index (κ2) is 9.98. The largest absolute Gasteiger partial charge is 0.598 e. The molecule has 0 heterocycles. The van der Waals surface area contributed by atoms with Gasteiger partial charge in [0.25, 0.3) is 0 Å². The first kappa shape index (κ1) is 26.1. The summed E-state index contributed by atoms with van der Waals surface area (Å²) < 4.78 is 76.2. The number of hydrogen-bond acceptors (Lipinski definition) is 3. The Morgan fingerprint density at radius 3 is 2.00 bits per heavy atom. The van der Waals surface area contributed by atoms with Crippen LogP contribution in [0, 0.1) is 11.6 Å². The number of hydrogen-bond donors (Lipinski definition) is 1. The van der Waals surface area contributed by atoms with Crippen molar-refractivity contribution in [3.63, 3.8) is 0 Å². The first-order chi connectivity index (χ1) is 15.8. The SMILES string of the molecule is CC(F)(F)Oc1cc(F)cc([C@](Cc2ccccc2)(N[S@+]([O-])C(C)(C)C)c2ccc(F)cc2)c1. The number of halogens is 4. The van der Waals surface area contributed by atoms with Crippen molar-refractivity contribution in [2.45, 2.75) is 50.5 Å². The van der Waals surface area contributed by atoms with Gasteiger partial charge in [0, 0.05) is 30.8 Å². The maximum atomic E-state index is 14.7. The molecule has 3 rings (SSSR count). The summed E-state index contributed by atoms with van der Waals surface area (Å²) in [7, 11) is 0. The molecule has 0 amide bonds. The second-order valence-corrected chi connectivity index (χ2v) is 11.1. The van der Waals surface area contributed by atoms with E-state index in [1.54, 1.807) is 20.8 Å². The third kappa shape index (κ3) is 6.52. The van der Waals surface area contributed by atoms with Crippen LogP contribution in [0.2, 0.25) is 0 Å². The summed E-state index contributed by atoms with van der Waals surface area (Å²) in [6.07, 6.45) is -3.36. The Hall–Kier alpha value is -2.55. The summed E-state index contributed by atoms with van der Waals surface area (Å²) in [4.78, 5) is 0. The Morgan fingerprint density at radius 1 is 0.824 bits per heavy atom. The molecule has 0 saturated carbocycles. The number of rotatable bonds is 8. The van der Waals surface area contributed by atoms with Gasteiger partial charge < -0.3 is 9.29 Å². The molecule has 34 heavy (non-hydrogen) atoms. The van der Waals surface area contributed by atoms with Gasteiger partial charge in [-0.2, -0.15) is 8.78 Å². The van der Waals surface area contributed by atoms with E-state index in [1.165, 1.54) is 36.4 Å². The molecule has 0 radical (unpaired) electrons. The molecule has 1 N–H and O–H groups in total. The van der Waals surface area contributed by atoms with Gasteiger partial charge >= 0.3 is 6.11 Å². The van der Waals surface area contributed by atoms with Crippen LogP contribution in [-0.2, 0) is 23.3 Å². The first-order valence-electron chi connectivity index (χ1n) is 10.7. The van der Waals surface area contributed by atoms with Crippen LogP contribution >= 0.6 is 0 Å². The Kier molecular flexibility index (Phi) is 7.65. The highest BCUT2D eigenvalue weighted by atomic mass is 32.2. The quantitative estimate of drug-likeness (QED) is 0.288. The van der Waals surface area contributed by atoms with Crippen molar-refractivity contribution >= 4 is 11.4 Å².